The monoisotopic (exact) mass is 379 g/mol. The quantitative estimate of drug-likeness (QED) is 0.425. The minimum Gasteiger partial charge on any atom is -0.497 e. The summed E-state index contributed by atoms with van der Waals surface area (Å²) < 4.78 is 5.33. The highest BCUT2D eigenvalue weighted by Crippen LogP contribution is 2.32. The molecule has 1 aromatic carbocycles. The normalized spacial score (nSPS) is 11.9. The Hall–Kier alpha value is -3.39. The van der Waals surface area contributed by atoms with Gasteiger partial charge in [-0.1, -0.05) is 0 Å². The number of nitrogens with zero attached hydrogens (tertiary/aromatic N) is 2. The van der Waals surface area contributed by atoms with E-state index >= 15 is 0 Å². The zero-order chi connectivity index (χ0) is 19.9. The number of rotatable bonds is 5. The molecule has 0 saturated heterocycles. The fraction of sp³-hybridized carbons (Fsp3) is 0.250. The summed E-state index contributed by atoms with van der Waals surface area (Å²) in [4.78, 5) is 27.6. The van der Waals surface area contributed by atoms with Gasteiger partial charge in [-0.3, -0.25) is 4.79 Å². The molecule has 3 heterocycles. The second-order valence-electron chi connectivity index (χ2n) is 7.28. The first-order chi connectivity index (χ1) is 13.4. The number of methoxy groups -OCH3 is 1. The lowest BCUT2D eigenvalue weighted by Gasteiger charge is -2.23. The molecule has 4 N–H and O–H groups in total. The molecule has 4 rings (SSSR count). The number of aromatic amines is 2. The summed E-state index contributed by atoms with van der Waals surface area (Å²) in [5, 5.41) is 13.8. The fourth-order valence-corrected chi connectivity index (χ4v) is 3.12. The van der Waals surface area contributed by atoms with Crippen molar-refractivity contribution in [3.05, 3.63) is 42.5 Å². The van der Waals surface area contributed by atoms with E-state index in [0.29, 0.717) is 11.0 Å². The Morgan fingerprint density at radius 1 is 1.25 bits per heavy atom. The number of amides is 1. The van der Waals surface area contributed by atoms with E-state index in [1.807, 2.05) is 30.5 Å². The summed E-state index contributed by atoms with van der Waals surface area (Å²) >= 11 is 0. The Labute approximate surface area is 161 Å². The van der Waals surface area contributed by atoms with E-state index < -0.39 is 5.54 Å². The minimum absolute atomic E-state index is 0.178. The van der Waals surface area contributed by atoms with Crippen molar-refractivity contribution < 1.29 is 14.6 Å². The second-order valence-corrected chi connectivity index (χ2v) is 7.28. The van der Waals surface area contributed by atoms with Gasteiger partial charge in [0.1, 0.15) is 23.4 Å². The summed E-state index contributed by atoms with van der Waals surface area (Å²) in [6, 6.07) is 7.66. The molecule has 0 atom stereocenters. The van der Waals surface area contributed by atoms with E-state index in [-0.39, 0.29) is 18.2 Å². The number of hydrogen-bond acceptors (Lipinski definition) is 5. The van der Waals surface area contributed by atoms with Crippen molar-refractivity contribution in [1.82, 2.24) is 25.3 Å². The van der Waals surface area contributed by atoms with E-state index in [4.69, 9.17) is 4.74 Å². The predicted octanol–water partition coefficient (Wildman–Crippen LogP) is 2.62. The lowest BCUT2D eigenvalue weighted by Crippen LogP contribution is -2.46. The van der Waals surface area contributed by atoms with Crippen LogP contribution in [0.3, 0.4) is 0 Å². The van der Waals surface area contributed by atoms with Crippen LogP contribution in [0, 0.1) is 0 Å². The van der Waals surface area contributed by atoms with Gasteiger partial charge in [-0.2, -0.15) is 0 Å². The first-order valence-electron chi connectivity index (χ1n) is 8.84. The molecule has 8 heteroatoms. The predicted molar refractivity (Wildman–Crippen MR) is 106 cm³/mol. The number of fused-ring (bicyclic) bond motifs is 2. The van der Waals surface area contributed by atoms with Gasteiger partial charge in [-0.25, -0.2) is 9.97 Å². The van der Waals surface area contributed by atoms with Gasteiger partial charge >= 0.3 is 0 Å². The maximum Gasteiger partial charge on any atom is 0.271 e. The molecule has 8 nitrogen and oxygen atoms in total. The summed E-state index contributed by atoms with van der Waals surface area (Å²) in [6.07, 6.45) is 3.25. The summed E-state index contributed by atoms with van der Waals surface area (Å²) in [7, 11) is 1.63. The van der Waals surface area contributed by atoms with Crippen LogP contribution in [-0.4, -0.2) is 50.2 Å². The van der Waals surface area contributed by atoms with Crippen LogP contribution in [0.2, 0.25) is 0 Å². The average Bonchev–Trinajstić information content (AvgIpc) is 3.30. The first kappa shape index (κ1) is 18.0. The third-order valence-electron chi connectivity index (χ3n) is 4.67. The highest BCUT2D eigenvalue weighted by molar-refractivity contribution is 6.06. The molecular formula is C20H21N5O3. The number of benzene rings is 1. The highest BCUT2D eigenvalue weighted by Gasteiger charge is 2.23. The van der Waals surface area contributed by atoms with Gasteiger partial charge in [0, 0.05) is 28.4 Å². The van der Waals surface area contributed by atoms with Gasteiger partial charge < -0.3 is 25.1 Å². The minimum atomic E-state index is -0.749. The Balaban J connectivity index is 1.80. The van der Waals surface area contributed by atoms with E-state index in [9.17, 15) is 9.90 Å². The van der Waals surface area contributed by atoms with Gasteiger partial charge in [0.25, 0.3) is 5.91 Å². The maximum atomic E-state index is 12.7. The molecule has 0 bridgehead atoms. The summed E-state index contributed by atoms with van der Waals surface area (Å²) in [5.41, 5.74) is 2.80. The SMILES string of the molecule is COc1ccc2[nH]cc(-c3cc4c(C(=O)NC(C)(C)CO)ncnc4[nH]3)c2c1. The Kier molecular flexibility index (Phi) is 4.27. The number of aliphatic hydroxyl groups excluding tert-OH is 1. The van der Waals surface area contributed by atoms with Crippen molar-refractivity contribution in [3.8, 4) is 17.0 Å². The lowest BCUT2D eigenvalue weighted by atomic mass is 10.1. The van der Waals surface area contributed by atoms with Crippen LogP contribution in [0.4, 0.5) is 0 Å². The molecule has 4 aromatic rings. The molecule has 0 spiro atoms. The molecule has 0 aliphatic carbocycles. The average molecular weight is 379 g/mol. The molecular weight excluding hydrogens is 358 g/mol. The molecule has 3 aromatic heterocycles. The van der Waals surface area contributed by atoms with Gasteiger partial charge in [0.15, 0.2) is 0 Å². The van der Waals surface area contributed by atoms with Crippen LogP contribution in [0.1, 0.15) is 24.3 Å². The Morgan fingerprint density at radius 2 is 2.07 bits per heavy atom. The Morgan fingerprint density at radius 3 is 2.82 bits per heavy atom. The zero-order valence-electron chi connectivity index (χ0n) is 15.8. The number of carbonyl (C=O) groups excluding carboxylic acids is 1. The highest BCUT2D eigenvalue weighted by atomic mass is 16.5. The molecule has 28 heavy (non-hydrogen) atoms. The van der Waals surface area contributed by atoms with Crippen molar-refractivity contribution in [2.75, 3.05) is 13.7 Å². The second kappa shape index (κ2) is 6.65. The van der Waals surface area contributed by atoms with Crippen molar-refractivity contribution >= 4 is 27.8 Å². The first-order valence-corrected chi connectivity index (χ1v) is 8.84. The lowest BCUT2D eigenvalue weighted by molar-refractivity contribution is 0.0866. The topological polar surface area (TPSA) is 116 Å². The van der Waals surface area contributed by atoms with E-state index in [1.165, 1.54) is 6.33 Å². The molecule has 0 fully saturated rings. The summed E-state index contributed by atoms with van der Waals surface area (Å²) in [6.45, 7) is 3.30. The van der Waals surface area contributed by atoms with Crippen LogP contribution < -0.4 is 10.1 Å². The van der Waals surface area contributed by atoms with E-state index in [0.717, 1.165) is 27.9 Å². The summed E-state index contributed by atoms with van der Waals surface area (Å²) in [5.74, 6) is 0.396. The number of carbonyl (C=O) groups is 1. The smallest absolute Gasteiger partial charge is 0.271 e. The largest absolute Gasteiger partial charge is 0.497 e. The Bertz CT molecular complexity index is 1180. The van der Waals surface area contributed by atoms with Crippen LogP contribution >= 0.6 is 0 Å². The molecule has 1 amide bonds. The molecule has 0 aliphatic rings. The van der Waals surface area contributed by atoms with Crippen molar-refractivity contribution in [3.63, 3.8) is 0 Å². The van der Waals surface area contributed by atoms with Gasteiger partial charge in [0.2, 0.25) is 0 Å². The number of H-pyrrole nitrogens is 2. The fourth-order valence-electron chi connectivity index (χ4n) is 3.12. The number of ether oxygens (including phenoxy) is 1. The third-order valence-corrected chi connectivity index (χ3v) is 4.67. The maximum absolute atomic E-state index is 12.7. The van der Waals surface area contributed by atoms with Crippen molar-refractivity contribution in [2.24, 2.45) is 0 Å². The van der Waals surface area contributed by atoms with Crippen LogP contribution in [-0.2, 0) is 0 Å². The number of aromatic nitrogens is 4. The van der Waals surface area contributed by atoms with Gasteiger partial charge in [-0.05, 0) is 38.1 Å². The number of hydrogen-bond donors (Lipinski definition) is 4. The van der Waals surface area contributed by atoms with Crippen molar-refractivity contribution in [1.29, 1.82) is 0 Å². The third kappa shape index (κ3) is 3.07. The number of nitrogens with one attached hydrogen (secondary N) is 3. The zero-order valence-corrected chi connectivity index (χ0v) is 15.8. The molecule has 144 valence electrons. The van der Waals surface area contributed by atoms with Crippen LogP contribution in [0.25, 0.3) is 33.2 Å². The molecule has 0 aliphatic heterocycles. The molecule has 0 saturated carbocycles. The van der Waals surface area contributed by atoms with Gasteiger partial charge in [0.05, 0.1) is 24.6 Å². The van der Waals surface area contributed by atoms with Crippen LogP contribution in [0.15, 0.2) is 36.8 Å². The standard InChI is InChI=1S/C20H21N5O3/c1-20(2,9-26)25-19(27)17-13-7-16(24-18(13)23-10-22-17)14-8-21-15-5-4-11(28-3)6-12(14)15/h4-8,10,21,26H,9H2,1-3H3,(H,25,27)(H,22,23,24). The van der Waals surface area contributed by atoms with E-state index in [2.05, 4.69) is 25.3 Å². The molecule has 0 unspecified atom stereocenters. The van der Waals surface area contributed by atoms with Crippen LogP contribution in [0.5, 0.6) is 5.75 Å². The van der Waals surface area contributed by atoms with Crippen molar-refractivity contribution in [2.45, 2.75) is 19.4 Å². The van der Waals surface area contributed by atoms with E-state index in [1.54, 1.807) is 21.0 Å². The van der Waals surface area contributed by atoms with Gasteiger partial charge in [-0.15, -0.1) is 0 Å². The molecule has 0 radical (unpaired) electrons. The number of aliphatic hydroxyl groups is 1.